The van der Waals surface area contributed by atoms with Gasteiger partial charge in [-0.2, -0.15) is 0 Å². The minimum atomic E-state index is -0.216. The molecule has 0 aromatic carbocycles. The van der Waals surface area contributed by atoms with Crippen LogP contribution in [0.5, 0.6) is 0 Å². The first-order valence-electron chi connectivity index (χ1n) is 9.86. The summed E-state index contributed by atoms with van der Waals surface area (Å²) in [4.78, 5) is 23.1. The van der Waals surface area contributed by atoms with Crippen LogP contribution in [0.15, 0.2) is 22.8 Å². The van der Waals surface area contributed by atoms with Gasteiger partial charge in [-0.05, 0) is 49.0 Å². The zero-order valence-corrected chi connectivity index (χ0v) is 16.8. The third-order valence-electron chi connectivity index (χ3n) is 6.86. The summed E-state index contributed by atoms with van der Waals surface area (Å²) in [6.07, 6.45) is 7.78. The van der Waals surface area contributed by atoms with Gasteiger partial charge in [0.1, 0.15) is 12.7 Å². The second kappa shape index (κ2) is 6.86. The maximum absolute atomic E-state index is 11.7. The molecule has 0 aromatic heterocycles. The van der Waals surface area contributed by atoms with Crippen LogP contribution in [0.1, 0.15) is 73.1 Å². The molecule has 26 heavy (non-hydrogen) atoms. The molecule has 0 spiro atoms. The molecule has 4 nitrogen and oxygen atoms in total. The van der Waals surface area contributed by atoms with E-state index in [2.05, 4.69) is 27.7 Å². The van der Waals surface area contributed by atoms with Crippen LogP contribution in [0.2, 0.25) is 0 Å². The molecular formula is C22H32O4. The van der Waals surface area contributed by atoms with Crippen molar-refractivity contribution in [2.75, 3.05) is 6.61 Å². The Kier molecular flexibility index (Phi) is 5.06. The zero-order valence-electron chi connectivity index (χ0n) is 16.8. The Labute approximate surface area is 157 Å². The maximum atomic E-state index is 11.7. The average molecular weight is 360 g/mol. The highest BCUT2D eigenvalue weighted by molar-refractivity contribution is 5.85. The van der Waals surface area contributed by atoms with Crippen molar-refractivity contribution in [2.45, 2.75) is 79.2 Å². The number of hydrogen-bond acceptors (Lipinski definition) is 4. The monoisotopic (exact) mass is 360 g/mol. The number of carbonyl (C=O) groups excluding carboxylic acids is 2. The number of cyclic esters (lactones) is 1. The SMILES string of the molecule is CC(=O)O[C@H]1CC(C)=C(CCC2=CC(=O)OC2)[C@]2(C)CCCC(C)(C)[C@@H]12. The lowest BCUT2D eigenvalue weighted by Gasteiger charge is -2.57. The summed E-state index contributed by atoms with van der Waals surface area (Å²) in [7, 11) is 0. The van der Waals surface area contributed by atoms with Crippen molar-refractivity contribution in [1.29, 1.82) is 0 Å². The second-order valence-electron chi connectivity index (χ2n) is 9.26. The highest BCUT2D eigenvalue weighted by Gasteiger charge is 2.55. The molecule has 0 N–H and O–H groups in total. The molecule has 0 saturated heterocycles. The fourth-order valence-corrected chi connectivity index (χ4v) is 6.03. The molecule has 4 heteroatoms. The summed E-state index contributed by atoms with van der Waals surface area (Å²) in [5.74, 6) is -0.0595. The summed E-state index contributed by atoms with van der Waals surface area (Å²) < 4.78 is 10.9. The van der Waals surface area contributed by atoms with Gasteiger partial charge in [0.25, 0.3) is 0 Å². The van der Waals surface area contributed by atoms with E-state index in [1.54, 1.807) is 6.08 Å². The van der Waals surface area contributed by atoms with Crippen LogP contribution in [-0.4, -0.2) is 24.6 Å². The summed E-state index contributed by atoms with van der Waals surface area (Å²) >= 11 is 0. The highest BCUT2D eigenvalue weighted by Crippen LogP contribution is 2.61. The van der Waals surface area contributed by atoms with Crippen molar-refractivity contribution in [3.8, 4) is 0 Å². The van der Waals surface area contributed by atoms with Crippen molar-refractivity contribution in [3.63, 3.8) is 0 Å². The first kappa shape index (κ1) is 19.2. The lowest BCUT2D eigenvalue weighted by Crippen LogP contribution is -2.53. The number of allylic oxidation sites excluding steroid dienone is 1. The quantitative estimate of drug-likeness (QED) is 0.537. The number of carbonyl (C=O) groups is 2. The average Bonchev–Trinajstić information content (AvgIpc) is 2.90. The van der Waals surface area contributed by atoms with Gasteiger partial charge in [-0.15, -0.1) is 0 Å². The van der Waals surface area contributed by atoms with Crippen molar-refractivity contribution >= 4 is 11.9 Å². The third kappa shape index (κ3) is 3.47. The van der Waals surface area contributed by atoms with E-state index in [9.17, 15) is 9.59 Å². The molecule has 144 valence electrons. The Hall–Kier alpha value is -1.58. The van der Waals surface area contributed by atoms with Crippen LogP contribution in [0.4, 0.5) is 0 Å². The molecule has 1 fully saturated rings. The Morgan fingerprint density at radius 3 is 2.62 bits per heavy atom. The smallest absolute Gasteiger partial charge is 0.331 e. The predicted octanol–water partition coefficient (Wildman–Crippen LogP) is 4.73. The Bertz CT molecular complexity index is 670. The van der Waals surface area contributed by atoms with Crippen LogP contribution in [0, 0.1) is 16.7 Å². The molecule has 3 rings (SSSR count). The lowest BCUT2D eigenvalue weighted by molar-refractivity contribution is -0.160. The Morgan fingerprint density at radius 1 is 1.27 bits per heavy atom. The van der Waals surface area contributed by atoms with E-state index in [1.807, 2.05) is 0 Å². The highest BCUT2D eigenvalue weighted by atomic mass is 16.5. The molecule has 0 aromatic rings. The van der Waals surface area contributed by atoms with Gasteiger partial charge in [-0.1, -0.05) is 38.3 Å². The standard InChI is InChI=1S/C22H32O4/c1-14-11-18(26-15(2)23)20-21(3,4)9-6-10-22(20,5)17(14)8-7-16-12-19(24)25-13-16/h12,18,20H,6-11,13H2,1-5H3/t18-,20+,22-/m0/s1. The van der Waals surface area contributed by atoms with Gasteiger partial charge in [0.15, 0.2) is 0 Å². The van der Waals surface area contributed by atoms with Crippen LogP contribution >= 0.6 is 0 Å². The normalized spacial score (nSPS) is 33.4. The molecule has 0 bridgehead atoms. The van der Waals surface area contributed by atoms with Crippen LogP contribution in [0.3, 0.4) is 0 Å². The van der Waals surface area contributed by atoms with E-state index in [0.29, 0.717) is 12.5 Å². The molecule has 1 aliphatic heterocycles. The van der Waals surface area contributed by atoms with Gasteiger partial charge < -0.3 is 9.47 Å². The van der Waals surface area contributed by atoms with Crippen molar-refractivity contribution in [3.05, 3.63) is 22.8 Å². The van der Waals surface area contributed by atoms with Crippen LogP contribution in [-0.2, 0) is 19.1 Å². The zero-order chi connectivity index (χ0) is 19.1. The van der Waals surface area contributed by atoms with Crippen LogP contribution in [0.25, 0.3) is 0 Å². The predicted molar refractivity (Wildman–Crippen MR) is 100 cm³/mol. The van der Waals surface area contributed by atoms with E-state index in [1.165, 1.54) is 30.9 Å². The van der Waals surface area contributed by atoms with E-state index in [-0.39, 0.29) is 28.9 Å². The number of rotatable bonds is 4. The molecule has 3 atom stereocenters. The Balaban J connectivity index is 1.91. The van der Waals surface area contributed by atoms with E-state index in [4.69, 9.17) is 9.47 Å². The Morgan fingerprint density at radius 2 is 2.00 bits per heavy atom. The fourth-order valence-electron chi connectivity index (χ4n) is 6.03. The van der Waals surface area contributed by atoms with Crippen LogP contribution < -0.4 is 0 Å². The summed E-state index contributed by atoms with van der Waals surface area (Å²) in [5, 5.41) is 0. The third-order valence-corrected chi connectivity index (χ3v) is 6.86. The van der Waals surface area contributed by atoms with Gasteiger partial charge in [-0.3, -0.25) is 4.79 Å². The van der Waals surface area contributed by atoms with Gasteiger partial charge in [0, 0.05) is 25.3 Å². The number of esters is 2. The lowest BCUT2D eigenvalue weighted by atomic mass is 9.49. The van der Waals surface area contributed by atoms with E-state index in [0.717, 1.165) is 31.3 Å². The molecule has 2 aliphatic carbocycles. The van der Waals surface area contributed by atoms with Crippen molar-refractivity contribution in [1.82, 2.24) is 0 Å². The first-order valence-corrected chi connectivity index (χ1v) is 9.86. The van der Waals surface area contributed by atoms with Crippen molar-refractivity contribution in [2.24, 2.45) is 16.7 Å². The number of hydrogen-bond donors (Lipinski definition) is 0. The summed E-state index contributed by atoms with van der Waals surface area (Å²) in [5.41, 5.74) is 4.16. The number of ether oxygens (including phenoxy) is 2. The van der Waals surface area contributed by atoms with Crippen molar-refractivity contribution < 1.29 is 19.1 Å². The van der Waals surface area contributed by atoms with Gasteiger partial charge in [0.2, 0.25) is 0 Å². The summed E-state index contributed by atoms with van der Waals surface area (Å²) in [6, 6.07) is 0. The molecule has 0 amide bonds. The maximum Gasteiger partial charge on any atom is 0.331 e. The molecule has 0 unspecified atom stereocenters. The molecule has 1 heterocycles. The van der Waals surface area contributed by atoms with E-state index < -0.39 is 0 Å². The molecule has 0 radical (unpaired) electrons. The fraction of sp³-hybridized carbons (Fsp3) is 0.727. The van der Waals surface area contributed by atoms with Gasteiger partial charge in [0.05, 0.1) is 0 Å². The second-order valence-corrected chi connectivity index (χ2v) is 9.26. The topological polar surface area (TPSA) is 52.6 Å². The van der Waals surface area contributed by atoms with Gasteiger partial charge >= 0.3 is 11.9 Å². The van der Waals surface area contributed by atoms with E-state index >= 15 is 0 Å². The summed E-state index contributed by atoms with van der Waals surface area (Å²) in [6.45, 7) is 11.2. The molecule has 1 saturated carbocycles. The minimum Gasteiger partial charge on any atom is -0.462 e. The molecule has 3 aliphatic rings. The van der Waals surface area contributed by atoms with Gasteiger partial charge in [-0.25, -0.2) is 4.79 Å². The number of fused-ring (bicyclic) bond motifs is 1. The largest absolute Gasteiger partial charge is 0.462 e. The molecular weight excluding hydrogens is 328 g/mol. The minimum absolute atomic E-state index is 0.0350. The first-order chi connectivity index (χ1) is 12.1.